The molecule has 2 rings (SSSR count). The summed E-state index contributed by atoms with van der Waals surface area (Å²) in [7, 11) is 1.64. The predicted molar refractivity (Wildman–Crippen MR) is 76.6 cm³/mol. The Balaban J connectivity index is 1.70. The monoisotopic (exact) mass is 325 g/mol. The average molecular weight is 326 g/mol. The molecule has 0 spiro atoms. The zero-order valence-corrected chi connectivity index (χ0v) is 12.3. The molecule has 0 saturated heterocycles. The lowest BCUT2D eigenvalue weighted by Gasteiger charge is -2.09. The minimum Gasteiger partial charge on any atom is -0.497 e. The molecule has 0 aliphatic carbocycles. The Hall–Kier alpha value is -1.46. The van der Waals surface area contributed by atoms with Gasteiger partial charge >= 0.3 is 0 Å². The van der Waals surface area contributed by atoms with Crippen LogP contribution < -0.4 is 14.8 Å². The van der Waals surface area contributed by atoms with Crippen molar-refractivity contribution in [1.82, 2.24) is 5.32 Å². The van der Waals surface area contributed by atoms with Crippen LogP contribution in [0.5, 0.6) is 11.5 Å². The lowest BCUT2D eigenvalue weighted by atomic mass is 10.3. The molecule has 1 N–H and O–H groups in total. The van der Waals surface area contributed by atoms with Crippen LogP contribution in [0, 0.1) is 0 Å². The maximum absolute atomic E-state index is 5.66. The van der Waals surface area contributed by atoms with E-state index in [2.05, 4.69) is 21.2 Å². The van der Waals surface area contributed by atoms with Crippen molar-refractivity contribution in [3.63, 3.8) is 0 Å². The molecule has 5 heteroatoms. The largest absolute Gasteiger partial charge is 0.497 e. The fraction of sp³-hybridized carbons (Fsp3) is 0.286. The van der Waals surface area contributed by atoms with Crippen LogP contribution in [0.2, 0.25) is 0 Å². The number of methoxy groups -OCH3 is 1. The van der Waals surface area contributed by atoms with E-state index in [1.54, 1.807) is 13.4 Å². The normalized spacial score (nSPS) is 10.4. The molecular weight excluding hydrogens is 310 g/mol. The highest BCUT2D eigenvalue weighted by Crippen LogP contribution is 2.28. The summed E-state index contributed by atoms with van der Waals surface area (Å²) in [5.74, 6) is 2.53. The zero-order valence-electron chi connectivity index (χ0n) is 10.7. The van der Waals surface area contributed by atoms with E-state index in [4.69, 9.17) is 13.9 Å². The minimum atomic E-state index is 0.589. The number of ether oxygens (including phenoxy) is 2. The Morgan fingerprint density at radius 1 is 1.32 bits per heavy atom. The van der Waals surface area contributed by atoms with Crippen LogP contribution in [-0.4, -0.2) is 20.3 Å². The van der Waals surface area contributed by atoms with Gasteiger partial charge in [0.05, 0.1) is 24.4 Å². The van der Waals surface area contributed by atoms with Gasteiger partial charge in [0.25, 0.3) is 0 Å². The first-order valence-electron chi connectivity index (χ1n) is 5.99. The third kappa shape index (κ3) is 4.29. The van der Waals surface area contributed by atoms with E-state index < -0.39 is 0 Å². The van der Waals surface area contributed by atoms with Crippen LogP contribution in [0.3, 0.4) is 0 Å². The molecule has 0 unspecified atom stereocenters. The fourth-order valence-corrected chi connectivity index (χ4v) is 2.06. The summed E-state index contributed by atoms with van der Waals surface area (Å²) in [6.45, 7) is 2.05. The molecule has 0 saturated carbocycles. The molecule has 0 fully saturated rings. The van der Waals surface area contributed by atoms with Crippen LogP contribution in [-0.2, 0) is 6.54 Å². The standard InChI is InChI=1S/C14H16BrNO3/c1-17-11-4-5-14(13(15)9-11)19-8-6-16-10-12-3-2-7-18-12/h2-5,7,9,16H,6,8,10H2,1H3. The van der Waals surface area contributed by atoms with Gasteiger partial charge in [0.2, 0.25) is 0 Å². The Kier molecular flexibility index (Phi) is 5.30. The van der Waals surface area contributed by atoms with Crippen LogP contribution in [0.4, 0.5) is 0 Å². The van der Waals surface area contributed by atoms with Crippen molar-refractivity contribution in [1.29, 1.82) is 0 Å². The van der Waals surface area contributed by atoms with Gasteiger partial charge in [0.15, 0.2) is 0 Å². The Bertz CT molecular complexity index is 499. The molecule has 4 nitrogen and oxygen atoms in total. The van der Waals surface area contributed by atoms with Gasteiger partial charge in [-0.25, -0.2) is 0 Å². The second kappa shape index (κ2) is 7.21. The first kappa shape index (κ1) is 14.0. The van der Waals surface area contributed by atoms with Crippen molar-refractivity contribution in [2.75, 3.05) is 20.3 Å². The molecule has 0 amide bonds. The summed E-state index contributed by atoms with van der Waals surface area (Å²) >= 11 is 3.45. The maximum atomic E-state index is 5.66. The number of hydrogen-bond acceptors (Lipinski definition) is 4. The second-order valence-corrected chi connectivity index (χ2v) is 4.76. The third-order valence-electron chi connectivity index (χ3n) is 2.55. The van der Waals surface area contributed by atoms with Gasteiger partial charge in [-0.15, -0.1) is 0 Å². The Morgan fingerprint density at radius 2 is 2.21 bits per heavy atom. The molecule has 0 bridgehead atoms. The smallest absolute Gasteiger partial charge is 0.133 e. The second-order valence-electron chi connectivity index (χ2n) is 3.90. The van der Waals surface area contributed by atoms with E-state index in [-0.39, 0.29) is 0 Å². The molecule has 1 heterocycles. The molecule has 102 valence electrons. The maximum Gasteiger partial charge on any atom is 0.133 e. The molecule has 0 radical (unpaired) electrons. The molecule has 1 aromatic carbocycles. The third-order valence-corrected chi connectivity index (χ3v) is 3.17. The van der Waals surface area contributed by atoms with E-state index in [9.17, 15) is 0 Å². The SMILES string of the molecule is COc1ccc(OCCNCc2ccco2)c(Br)c1. The zero-order chi connectivity index (χ0) is 13.5. The van der Waals surface area contributed by atoms with Crippen molar-refractivity contribution in [2.24, 2.45) is 0 Å². The van der Waals surface area contributed by atoms with Gasteiger partial charge in [0, 0.05) is 6.54 Å². The molecule has 19 heavy (non-hydrogen) atoms. The van der Waals surface area contributed by atoms with Gasteiger partial charge in [-0.05, 0) is 46.3 Å². The van der Waals surface area contributed by atoms with Crippen molar-refractivity contribution in [3.8, 4) is 11.5 Å². The van der Waals surface area contributed by atoms with Crippen molar-refractivity contribution in [3.05, 3.63) is 46.8 Å². The Labute approximate surface area is 120 Å². The van der Waals surface area contributed by atoms with Gasteiger partial charge in [-0.3, -0.25) is 0 Å². The lowest BCUT2D eigenvalue weighted by Crippen LogP contribution is -2.20. The predicted octanol–water partition coefficient (Wildman–Crippen LogP) is 3.22. The van der Waals surface area contributed by atoms with Gasteiger partial charge in [-0.2, -0.15) is 0 Å². The van der Waals surface area contributed by atoms with Crippen LogP contribution in [0.25, 0.3) is 0 Å². The number of rotatable bonds is 7. The van der Waals surface area contributed by atoms with Crippen LogP contribution >= 0.6 is 15.9 Å². The molecule has 0 atom stereocenters. The Morgan fingerprint density at radius 3 is 2.89 bits per heavy atom. The fourth-order valence-electron chi connectivity index (χ4n) is 1.58. The number of nitrogens with one attached hydrogen (secondary N) is 1. The van der Waals surface area contributed by atoms with Crippen LogP contribution in [0.1, 0.15) is 5.76 Å². The summed E-state index contributed by atoms with van der Waals surface area (Å²) in [4.78, 5) is 0. The number of hydrogen-bond donors (Lipinski definition) is 1. The summed E-state index contributed by atoms with van der Waals surface area (Å²) in [6, 6.07) is 9.45. The summed E-state index contributed by atoms with van der Waals surface area (Å²) in [5.41, 5.74) is 0. The first-order chi connectivity index (χ1) is 9.29. The van der Waals surface area contributed by atoms with E-state index in [0.29, 0.717) is 13.2 Å². The highest BCUT2D eigenvalue weighted by atomic mass is 79.9. The van der Waals surface area contributed by atoms with Crippen molar-refractivity contribution < 1.29 is 13.9 Å². The molecule has 1 aromatic heterocycles. The van der Waals surface area contributed by atoms with Crippen molar-refractivity contribution in [2.45, 2.75) is 6.54 Å². The minimum absolute atomic E-state index is 0.589. The molecule has 0 aliphatic rings. The highest BCUT2D eigenvalue weighted by Gasteiger charge is 2.02. The number of halogens is 1. The molecule has 0 aliphatic heterocycles. The topological polar surface area (TPSA) is 43.6 Å². The van der Waals surface area contributed by atoms with Gasteiger partial charge in [-0.1, -0.05) is 0 Å². The average Bonchev–Trinajstić information content (AvgIpc) is 2.93. The van der Waals surface area contributed by atoms with Gasteiger partial charge < -0.3 is 19.2 Å². The summed E-state index contributed by atoms with van der Waals surface area (Å²) in [5, 5.41) is 3.24. The number of benzene rings is 1. The van der Waals surface area contributed by atoms with E-state index in [1.165, 1.54) is 0 Å². The molecular formula is C14H16BrNO3. The lowest BCUT2D eigenvalue weighted by molar-refractivity contribution is 0.308. The molecule has 2 aromatic rings. The van der Waals surface area contributed by atoms with E-state index in [1.807, 2.05) is 30.3 Å². The van der Waals surface area contributed by atoms with Gasteiger partial charge in [0.1, 0.15) is 23.9 Å². The number of furan rings is 1. The quantitative estimate of drug-likeness (QED) is 0.794. The first-order valence-corrected chi connectivity index (χ1v) is 6.78. The summed E-state index contributed by atoms with van der Waals surface area (Å²) < 4.78 is 16.9. The van der Waals surface area contributed by atoms with E-state index in [0.717, 1.165) is 28.3 Å². The summed E-state index contributed by atoms with van der Waals surface area (Å²) in [6.07, 6.45) is 1.67. The van der Waals surface area contributed by atoms with E-state index >= 15 is 0 Å². The highest BCUT2D eigenvalue weighted by molar-refractivity contribution is 9.10. The van der Waals surface area contributed by atoms with Crippen LogP contribution in [0.15, 0.2) is 45.5 Å². The van der Waals surface area contributed by atoms with Crippen molar-refractivity contribution >= 4 is 15.9 Å².